The molecule has 0 aliphatic carbocycles. The summed E-state index contributed by atoms with van der Waals surface area (Å²) in [5.41, 5.74) is 16.8. The average molecular weight is 713 g/mol. The molecule has 0 saturated heterocycles. The molecular weight excluding hydrogens is 677 g/mol. The van der Waals surface area contributed by atoms with Crippen molar-refractivity contribution < 1.29 is 0 Å². The van der Waals surface area contributed by atoms with Gasteiger partial charge in [0.1, 0.15) is 0 Å². The lowest BCUT2D eigenvalue weighted by Gasteiger charge is -2.11. The second kappa shape index (κ2) is 13.2. The summed E-state index contributed by atoms with van der Waals surface area (Å²) in [6.45, 7) is 0. The Morgan fingerprint density at radius 2 is 0.518 bits per heavy atom. The Morgan fingerprint density at radius 3 is 0.964 bits per heavy atom. The van der Waals surface area contributed by atoms with Gasteiger partial charge >= 0.3 is 0 Å². The van der Waals surface area contributed by atoms with Gasteiger partial charge in [-0.1, -0.05) is 158 Å². The van der Waals surface area contributed by atoms with E-state index < -0.39 is 0 Å². The molecule has 2 aromatic heterocycles. The number of hydrogen-bond donors (Lipinski definition) is 0. The summed E-state index contributed by atoms with van der Waals surface area (Å²) in [4.78, 5) is 0. The quantitative estimate of drug-likeness (QED) is 0.162. The first kappa shape index (κ1) is 32.0. The molecule has 0 fully saturated rings. The minimum absolute atomic E-state index is 1.16. The average Bonchev–Trinajstić information content (AvgIpc) is 3.79. The lowest BCUT2D eigenvalue weighted by atomic mass is 9.98. The highest BCUT2D eigenvalue weighted by Crippen LogP contribution is 2.38. The standard InChI is InChI=1S/C54H36N2/c1-3-13-37(14-4-1)41-17-11-19-45(33-41)55-51-23-9-7-21-47(51)49-35-43(29-31-53(49)55)39-25-27-40(28-26-39)44-30-32-54-50(36-44)48-22-8-10-24-52(48)56(54)46-20-12-18-42(34-46)38-15-5-2-6-16-38/h1-36H. The van der Waals surface area contributed by atoms with E-state index in [9.17, 15) is 0 Å². The molecule has 0 amide bonds. The highest BCUT2D eigenvalue weighted by molar-refractivity contribution is 6.11. The van der Waals surface area contributed by atoms with Gasteiger partial charge in [0.15, 0.2) is 0 Å². The van der Waals surface area contributed by atoms with Crippen molar-refractivity contribution in [2.75, 3.05) is 0 Å². The molecule has 0 atom stereocenters. The molecule has 56 heavy (non-hydrogen) atoms. The maximum atomic E-state index is 2.40. The van der Waals surface area contributed by atoms with Crippen LogP contribution in [0.1, 0.15) is 0 Å². The van der Waals surface area contributed by atoms with E-state index in [1.54, 1.807) is 0 Å². The van der Waals surface area contributed by atoms with E-state index in [1.165, 1.54) is 88.1 Å². The van der Waals surface area contributed by atoms with E-state index in [0.717, 1.165) is 11.4 Å². The fourth-order valence-corrected chi connectivity index (χ4v) is 8.63. The van der Waals surface area contributed by atoms with Gasteiger partial charge in [-0.3, -0.25) is 0 Å². The minimum Gasteiger partial charge on any atom is -0.309 e. The lowest BCUT2D eigenvalue weighted by Crippen LogP contribution is -1.94. The lowest BCUT2D eigenvalue weighted by molar-refractivity contribution is 1.18. The maximum absolute atomic E-state index is 2.40. The molecule has 9 aromatic carbocycles. The van der Waals surface area contributed by atoms with Crippen molar-refractivity contribution in [1.82, 2.24) is 9.13 Å². The molecule has 0 unspecified atom stereocenters. The van der Waals surface area contributed by atoms with Gasteiger partial charge in [0.05, 0.1) is 22.1 Å². The molecule has 11 rings (SSSR count). The van der Waals surface area contributed by atoms with Gasteiger partial charge in [-0.25, -0.2) is 0 Å². The molecule has 0 radical (unpaired) electrons. The highest BCUT2D eigenvalue weighted by atomic mass is 15.0. The predicted octanol–water partition coefficient (Wildman–Crippen LogP) is 14.5. The topological polar surface area (TPSA) is 9.86 Å². The van der Waals surface area contributed by atoms with Crippen LogP contribution in [0.15, 0.2) is 218 Å². The Morgan fingerprint density at radius 1 is 0.196 bits per heavy atom. The van der Waals surface area contributed by atoms with Gasteiger partial charge in [0.25, 0.3) is 0 Å². The van der Waals surface area contributed by atoms with Crippen LogP contribution in [0.5, 0.6) is 0 Å². The SMILES string of the molecule is c1ccc(-c2cccc(-n3c4ccccc4c4cc(-c5ccc(-c6ccc7c(c6)c6ccccc6n7-c6cccc(-c7ccccc7)c6)cc5)ccc43)c2)cc1. The smallest absolute Gasteiger partial charge is 0.0541 e. The molecular formula is C54H36N2. The Kier molecular flexibility index (Phi) is 7.53. The molecule has 0 aliphatic heterocycles. The molecule has 0 bridgehead atoms. The molecule has 0 aliphatic rings. The third-order valence-corrected chi connectivity index (χ3v) is 11.3. The van der Waals surface area contributed by atoms with E-state index in [4.69, 9.17) is 0 Å². The number of hydrogen-bond acceptors (Lipinski definition) is 0. The van der Waals surface area contributed by atoms with Gasteiger partial charge in [-0.15, -0.1) is 0 Å². The number of para-hydroxylation sites is 2. The van der Waals surface area contributed by atoms with E-state index in [0.29, 0.717) is 0 Å². The van der Waals surface area contributed by atoms with Crippen molar-refractivity contribution in [2.24, 2.45) is 0 Å². The second-order valence-corrected chi connectivity index (χ2v) is 14.6. The number of nitrogens with zero attached hydrogens (tertiary/aromatic N) is 2. The van der Waals surface area contributed by atoms with Crippen molar-refractivity contribution >= 4 is 43.6 Å². The van der Waals surface area contributed by atoms with Crippen molar-refractivity contribution in [3.63, 3.8) is 0 Å². The molecule has 11 aromatic rings. The summed E-state index contributed by atoms with van der Waals surface area (Å²) in [5, 5.41) is 5.02. The van der Waals surface area contributed by atoms with Crippen molar-refractivity contribution in [2.45, 2.75) is 0 Å². The Balaban J connectivity index is 0.959. The molecule has 2 heterocycles. The molecule has 0 spiro atoms. The Labute approximate surface area is 325 Å². The first-order valence-corrected chi connectivity index (χ1v) is 19.3. The molecule has 2 heteroatoms. The number of aromatic nitrogens is 2. The van der Waals surface area contributed by atoms with Crippen molar-refractivity contribution in [3.05, 3.63) is 218 Å². The van der Waals surface area contributed by atoms with Crippen LogP contribution in [0, 0.1) is 0 Å². The summed E-state index contributed by atoms with van der Waals surface area (Å²) in [7, 11) is 0. The number of fused-ring (bicyclic) bond motifs is 6. The van der Waals surface area contributed by atoms with E-state index in [-0.39, 0.29) is 0 Å². The largest absolute Gasteiger partial charge is 0.309 e. The summed E-state index contributed by atoms with van der Waals surface area (Å²) in [5.74, 6) is 0. The monoisotopic (exact) mass is 712 g/mol. The zero-order valence-corrected chi connectivity index (χ0v) is 30.7. The van der Waals surface area contributed by atoms with E-state index in [2.05, 4.69) is 228 Å². The van der Waals surface area contributed by atoms with Crippen LogP contribution in [-0.4, -0.2) is 9.13 Å². The zero-order valence-electron chi connectivity index (χ0n) is 30.7. The summed E-state index contributed by atoms with van der Waals surface area (Å²) < 4.78 is 4.80. The van der Waals surface area contributed by atoms with Gasteiger partial charge < -0.3 is 9.13 Å². The van der Waals surface area contributed by atoms with Crippen molar-refractivity contribution in [3.8, 4) is 55.9 Å². The van der Waals surface area contributed by atoms with Crippen molar-refractivity contribution in [1.29, 1.82) is 0 Å². The van der Waals surface area contributed by atoms with Crippen LogP contribution in [0.2, 0.25) is 0 Å². The fourth-order valence-electron chi connectivity index (χ4n) is 8.63. The van der Waals surface area contributed by atoms with E-state index >= 15 is 0 Å². The first-order valence-electron chi connectivity index (χ1n) is 19.3. The van der Waals surface area contributed by atoms with Crippen LogP contribution in [0.4, 0.5) is 0 Å². The third-order valence-electron chi connectivity index (χ3n) is 11.3. The van der Waals surface area contributed by atoms with Crippen LogP contribution < -0.4 is 0 Å². The number of rotatable bonds is 6. The van der Waals surface area contributed by atoms with Gasteiger partial charge in [0.2, 0.25) is 0 Å². The fraction of sp³-hybridized carbons (Fsp3) is 0. The number of benzene rings is 9. The Bertz CT molecular complexity index is 3000. The molecule has 262 valence electrons. The molecule has 2 nitrogen and oxygen atoms in total. The van der Waals surface area contributed by atoms with Gasteiger partial charge in [0, 0.05) is 32.9 Å². The second-order valence-electron chi connectivity index (χ2n) is 14.6. The van der Waals surface area contributed by atoms with E-state index in [1.807, 2.05) is 0 Å². The Hall–Kier alpha value is -7.42. The summed E-state index contributed by atoms with van der Waals surface area (Å²) in [6.07, 6.45) is 0. The molecule has 0 N–H and O–H groups in total. The van der Waals surface area contributed by atoms with Crippen LogP contribution in [0.25, 0.3) is 99.5 Å². The third kappa shape index (κ3) is 5.34. The first-order chi connectivity index (χ1) is 27.8. The van der Waals surface area contributed by atoms with Gasteiger partial charge in [-0.2, -0.15) is 0 Å². The van der Waals surface area contributed by atoms with Crippen LogP contribution >= 0.6 is 0 Å². The highest BCUT2D eigenvalue weighted by Gasteiger charge is 2.16. The minimum atomic E-state index is 1.16. The van der Waals surface area contributed by atoms with Crippen LogP contribution in [-0.2, 0) is 0 Å². The summed E-state index contributed by atoms with van der Waals surface area (Å²) in [6, 6.07) is 79.3. The van der Waals surface area contributed by atoms with Crippen LogP contribution in [0.3, 0.4) is 0 Å². The molecule has 0 saturated carbocycles. The predicted molar refractivity (Wildman–Crippen MR) is 237 cm³/mol. The van der Waals surface area contributed by atoms with Gasteiger partial charge in [-0.05, 0) is 105 Å². The summed E-state index contributed by atoms with van der Waals surface area (Å²) >= 11 is 0. The zero-order chi connectivity index (χ0) is 37.0. The maximum Gasteiger partial charge on any atom is 0.0541 e. The normalized spacial score (nSPS) is 11.6.